The first kappa shape index (κ1) is 11.0. The zero-order valence-corrected chi connectivity index (χ0v) is 10.1. The molecule has 2 aromatic carbocycles. The van der Waals surface area contributed by atoms with Gasteiger partial charge in [-0.1, -0.05) is 18.2 Å². The fourth-order valence-corrected chi connectivity index (χ4v) is 2.24. The minimum absolute atomic E-state index is 0.0369. The quantitative estimate of drug-likeness (QED) is 0.845. The van der Waals surface area contributed by atoms with E-state index in [1.54, 1.807) is 7.11 Å². The number of hydrazine groups is 1. The molecule has 0 aliphatic carbocycles. The van der Waals surface area contributed by atoms with Crippen molar-refractivity contribution < 1.29 is 9.53 Å². The average molecular weight is 242 g/mol. The van der Waals surface area contributed by atoms with Crippen LogP contribution in [0, 0.1) is 0 Å². The Labute approximate surface area is 105 Å². The number of carbonyl (C=O) groups is 1. The van der Waals surface area contributed by atoms with Gasteiger partial charge in [0.25, 0.3) is 0 Å². The summed E-state index contributed by atoms with van der Waals surface area (Å²) in [5.41, 5.74) is 6.73. The third-order valence-electron chi connectivity index (χ3n) is 3.25. The van der Waals surface area contributed by atoms with E-state index in [0.717, 1.165) is 22.1 Å². The summed E-state index contributed by atoms with van der Waals surface area (Å²) in [6.45, 7) is 0. The van der Waals surface area contributed by atoms with E-state index in [-0.39, 0.29) is 11.9 Å². The molecule has 92 valence electrons. The number of hydrogen-bond acceptors (Lipinski definition) is 3. The molecule has 0 aromatic heterocycles. The fourth-order valence-electron chi connectivity index (χ4n) is 2.24. The molecule has 0 spiro atoms. The zero-order chi connectivity index (χ0) is 12.5. The molecule has 1 atom stereocenters. The van der Waals surface area contributed by atoms with Gasteiger partial charge in [-0.05, 0) is 34.5 Å². The molecular weight excluding hydrogens is 228 g/mol. The molecule has 0 saturated carbocycles. The molecule has 18 heavy (non-hydrogen) atoms. The van der Waals surface area contributed by atoms with E-state index in [0.29, 0.717) is 6.42 Å². The Hall–Kier alpha value is -2.07. The minimum atomic E-state index is 0.0369. The van der Waals surface area contributed by atoms with Gasteiger partial charge in [-0.15, -0.1) is 0 Å². The largest absolute Gasteiger partial charge is 0.497 e. The molecule has 1 heterocycles. The van der Waals surface area contributed by atoms with Gasteiger partial charge in [0.05, 0.1) is 13.2 Å². The molecule has 0 bridgehead atoms. The van der Waals surface area contributed by atoms with Crippen molar-refractivity contribution in [3.8, 4) is 5.75 Å². The van der Waals surface area contributed by atoms with Crippen LogP contribution in [0.5, 0.6) is 5.75 Å². The van der Waals surface area contributed by atoms with Crippen LogP contribution in [0.2, 0.25) is 0 Å². The van der Waals surface area contributed by atoms with Gasteiger partial charge >= 0.3 is 0 Å². The smallest absolute Gasteiger partial charge is 0.236 e. The van der Waals surface area contributed by atoms with E-state index >= 15 is 0 Å². The number of rotatable bonds is 2. The van der Waals surface area contributed by atoms with E-state index in [9.17, 15) is 4.79 Å². The highest BCUT2D eigenvalue weighted by atomic mass is 16.5. The van der Waals surface area contributed by atoms with E-state index < -0.39 is 0 Å². The van der Waals surface area contributed by atoms with Crippen molar-refractivity contribution in [1.82, 2.24) is 10.9 Å². The van der Waals surface area contributed by atoms with Crippen LogP contribution in [0.1, 0.15) is 18.0 Å². The first-order chi connectivity index (χ1) is 8.76. The molecule has 4 nitrogen and oxygen atoms in total. The van der Waals surface area contributed by atoms with Crippen LogP contribution in [0.4, 0.5) is 0 Å². The average Bonchev–Trinajstić information content (AvgIpc) is 2.84. The van der Waals surface area contributed by atoms with Gasteiger partial charge in [0, 0.05) is 6.42 Å². The summed E-state index contributed by atoms with van der Waals surface area (Å²) in [5, 5.41) is 2.28. The molecule has 1 unspecified atom stereocenters. The Morgan fingerprint density at radius 2 is 1.94 bits per heavy atom. The van der Waals surface area contributed by atoms with Crippen LogP contribution in [0.3, 0.4) is 0 Å². The fraction of sp³-hybridized carbons (Fsp3) is 0.214. The summed E-state index contributed by atoms with van der Waals surface area (Å²) in [5.74, 6) is 0.890. The van der Waals surface area contributed by atoms with Crippen molar-refractivity contribution in [1.29, 1.82) is 0 Å². The molecule has 2 aromatic rings. The zero-order valence-electron chi connectivity index (χ0n) is 10.1. The number of fused-ring (bicyclic) bond motifs is 1. The van der Waals surface area contributed by atoms with Crippen LogP contribution < -0.4 is 15.6 Å². The Bertz CT molecular complexity index is 610. The van der Waals surface area contributed by atoms with Gasteiger partial charge in [0.2, 0.25) is 5.91 Å². The molecule has 1 aliphatic heterocycles. The van der Waals surface area contributed by atoms with Crippen LogP contribution in [-0.2, 0) is 4.79 Å². The molecule has 0 radical (unpaired) electrons. The van der Waals surface area contributed by atoms with Crippen molar-refractivity contribution in [3.63, 3.8) is 0 Å². The van der Waals surface area contributed by atoms with Gasteiger partial charge in [-0.3, -0.25) is 10.2 Å². The Kier molecular flexibility index (Phi) is 2.64. The third-order valence-corrected chi connectivity index (χ3v) is 3.25. The highest BCUT2D eigenvalue weighted by Gasteiger charge is 2.22. The summed E-state index contributed by atoms with van der Waals surface area (Å²) in [6, 6.07) is 12.2. The van der Waals surface area contributed by atoms with Gasteiger partial charge < -0.3 is 4.74 Å². The number of amides is 1. The highest BCUT2D eigenvalue weighted by molar-refractivity contribution is 5.85. The Morgan fingerprint density at radius 1 is 1.17 bits per heavy atom. The monoisotopic (exact) mass is 242 g/mol. The SMILES string of the molecule is COc1ccc2cc(C3CC(=O)NN3)ccc2c1. The lowest BCUT2D eigenvalue weighted by Crippen LogP contribution is -2.27. The predicted molar refractivity (Wildman–Crippen MR) is 69.1 cm³/mol. The van der Waals surface area contributed by atoms with Crippen LogP contribution in [0.15, 0.2) is 36.4 Å². The number of nitrogens with one attached hydrogen (secondary N) is 2. The number of methoxy groups -OCH3 is 1. The van der Waals surface area contributed by atoms with Crippen LogP contribution in [0.25, 0.3) is 10.8 Å². The standard InChI is InChI=1S/C14H14N2O2/c1-18-12-5-4-9-6-11(3-2-10(9)7-12)13-8-14(17)16-15-13/h2-7,13,15H,8H2,1H3,(H,16,17). The first-order valence-electron chi connectivity index (χ1n) is 5.88. The number of hydrogen-bond donors (Lipinski definition) is 2. The minimum Gasteiger partial charge on any atom is -0.497 e. The lowest BCUT2D eigenvalue weighted by molar-refractivity contribution is -0.119. The second-order valence-corrected chi connectivity index (χ2v) is 4.42. The maximum absolute atomic E-state index is 11.2. The van der Waals surface area contributed by atoms with Gasteiger partial charge in [0.1, 0.15) is 5.75 Å². The van der Waals surface area contributed by atoms with Crippen molar-refractivity contribution in [2.45, 2.75) is 12.5 Å². The van der Waals surface area contributed by atoms with Crippen molar-refractivity contribution >= 4 is 16.7 Å². The van der Waals surface area contributed by atoms with Crippen molar-refractivity contribution in [3.05, 3.63) is 42.0 Å². The Balaban J connectivity index is 1.98. The number of benzene rings is 2. The lowest BCUT2D eigenvalue weighted by atomic mass is 10.0. The Morgan fingerprint density at radius 3 is 2.67 bits per heavy atom. The van der Waals surface area contributed by atoms with E-state index in [4.69, 9.17) is 4.74 Å². The summed E-state index contributed by atoms with van der Waals surface area (Å²) < 4.78 is 5.20. The predicted octanol–water partition coefficient (Wildman–Crippen LogP) is 1.91. The highest BCUT2D eigenvalue weighted by Crippen LogP contribution is 2.26. The maximum atomic E-state index is 11.2. The van der Waals surface area contributed by atoms with Gasteiger partial charge in [-0.25, -0.2) is 5.43 Å². The van der Waals surface area contributed by atoms with Crippen LogP contribution >= 0.6 is 0 Å². The summed E-state index contributed by atoms with van der Waals surface area (Å²) in [4.78, 5) is 11.2. The first-order valence-corrected chi connectivity index (χ1v) is 5.88. The molecule has 1 amide bonds. The molecule has 4 heteroatoms. The van der Waals surface area contributed by atoms with E-state index in [1.807, 2.05) is 24.3 Å². The summed E-state index contributed by atoms with van der Waals surface area (Å²) in [7, 11) is 1.66. The van der Waals surface area contributed by atoms with E-state index in [2.05, 4.69) is 23.0 Å². The molecule has 3 rings (SSSR count). The summed E-state index contributed by atoms with van der Waals surface area (Å²) in [6.07, 6.45) is 0.488. The van der Waals surface area contributed by atoms with Gasteiger partial charge in [0.15, 0.2) is 0 Å². The summed E-state index contributed by atoms with van der Waals surface area (Å²) >= 11 is 0. The lowest BCUT2D eigenvalue weighted by Gasteiger charge is -2.10. The second kappa shape index (κ2) is 4.31. The maximum Gasteiger partial charge on any atom is 0.236 e. The third kappa shape index (κ3) is 1.91. The van der Waals surface area contributed by atoms with Gasteiger partial charge in [-0.2, -0.15) is 0 Å². The number of carbonyl (C=O) groups excluding carboxylic acids is 1. The molecule has 1 fully saturated rings. The van der Waals surface area contributed by atoms with Crippen molar-refractivity contribution in [2.24, 2.45) is 0 Å². The molecule has 1 saturated heterocycles. The van der Waals surface area contributed by atoms with Crippen molar-refractivity contribution in [2.75, 3.05) is 7.11 Å². The normalized spacial score (nSPS) is 18.9. The molecule has 2 N–H and O–H groups in total. The second-order valence-electron chi connectivity index (χ2n) is 4.42. The number of ether oxygens (including phenoxy) is 1. The van der Waals surface area contributed by atoms with E-state index in [1.165, 1.54) is 0 Å². The topological polar surface area (TPSA) is 50.4 Å². The van der Waals surface area contributed by atoms with Crippen LogP contribution in [-0.4, -0.2) is 13.0 Å². The molecular formula is C14H14N2O2. The molecule has 1 aliphatic rings.